The molecular formula is C16H13NO5. The van der Waals surface area contributed by atoms with E-state index >= 15 is 0 Å². The molecule has 0 unspecified atom stereocenters. The lowest BCUT2D eigenvalue weighted by molar-refractivity contribution is -0.384. The smallest absolute Gasteiger partial charge is 0.338 e. The molecule has 2 rings (SSSR count). The molecule has 2 aromatic rings. The highest BCUT2D eigenvalue weighted by Gasteiger charge is 2.07. The standard InChI is InChI=1S/C16H13NO5/c1-11(2)16(18)22-15-9-7-14(8-10-15)21-13-5-3-12(4-6-13)17(19)20/h3-10H,1H2,2H3. The maximum absolute atomic E-state index is 11.4. The molecule has 0 saturated carbocycles. The first-order valence-corrected chi connectivity index (χ1v) is 6.36. The molecule has 6 heteroatoms. The first kappa shape index (κ1) is 15.2. The van der Waals surface area contributed by atoms with Gasteiger partial charge in [-0.05, 0) is 43.3 Å². The van der Waals surface area contributed by atoms with Gasteiger partial charge in [-0.3, -0.25) is 10.1 Å². The van der Waals surface area contributed by atoms with E-state index in [9.17, 15) is 14.9 Å². The Morgan fingerprint density at radius 2 is 1.45 bits per heavy atom. The number of carbonyl (C=O) groups excluding carboxylic acids is 1. The van der Waals surface area contributed by atoms with Gasteiger partial charge in [0.15, 0.2) is 0 Å². The second-order valence-corrected chi connectivity index (χ2v) is 4.49. The third-order valence-corrected chi connectivity index (χ3v) is 2.67. The molecule has 0 aromatic heterocycles. The molecule has 0 amide bonds. The number of benzene rings is 2. The van der Waals surface area contributed by atoms with Crippen molar-refractivity contribution in [1.29, 1.82) is 0 Å². The molecule has 6 nitrogen and oxygen atoms in total. The number of ether oxygens (including phenoxy) is 2. The van der Waals surface area contributed by atoms with Gasteiger partial charge in [0.2, 0.25) is 0 Å². The van der Waals surface area contributed by atoms with Crippen molar-refractivity contribution in [2.75, 3.05) is 0 Å². The molecule has 2 aromatic carbocycles. The van der Waals surface area contributed by atoms with Crippen LogP contribution in [0.15, 0.2) is 60.7 Å². The minimum atomic E-state index is -0.496. The molecule has 0 saturated heterocycles. The Morgan fingerprint density at radius 1 is 1.00 bits per heavy atom. The molecule has 0 fully saturated rings. The van der Waals surface area contributed by atoms with Crippen molar-refractivity contribution in [3.05, 3.63) is 70.8 Å². The lowest BCUT2D eigenvalue weighted by Gasteiger charge is -2.07. The van der Waals surface area contributed by atoms with Crippen molar-refractivity contribution >= 4 is 11.7 Å². The largest absolute Gasteiger partial charge is 0.457 e. The summed E-state index contributed by atoms with van der Waals surface area (Å²) in [6.45, 7) is 5.06. The maximum atomic E-state index is 11.4. The van der Waals surface area contributed by atoms with E-state index in [0.29, 0.717) is 22.8 Å². The van der Waals surface area contributed by atoms with E-state index in [-0.39, 0.29) is 5.69 Å². The van der Waals surface area contributed by atoms with E-state index in [1.165, 1.54) is 24.3 Å². The number of nitro groups is 1. The van der Waals surface area contributed by atoms with Crippen molar-refractivity contribution < 1.29 is 19.2 Å². The van der Waals surface area contributed by atoms with Crippen LogP contribution in [0.4, 0.5) is 5.69 Å². The van der Waals surface area contributed by atoms with Crippen LogP contribution in [0.25, 0.3) is 0 Å². The summed E-state index contributed by atoms with van der Waals surface area (Å²) in [4.78, 5) is 21.5. The number of nitro benzene ring substituents is 1. The lowest BCUT2D eigenvalue weighted by atomic mass is 10.3. The fourth-order valence-electron chi connectivity index (χ4n) is 1.54. The summed E-state index contributed by atoms with van der Waals surface area (Å²) in [5.41, 5.74) is 0.306. The molecule has 112 valence electrons. The van der Waals surface area contributed by atoms with E-state index in [0.717, 1.165) is 0 Å². The zero-order valence-electron chi connectivity index (χ0n) is 11.8. The molecule has 0 atom stereocenters. The normalized spacial score (nSPS) is 9.86. The first-order valence-electron chi connectivity index (χ1n) is 6.36. The van der Waals surface area contributed by atoms with Crippen molar-refractivity contribution in [2.45, 2.75) is 6.92 Å². The molecule has 0 aliphatic rings. The van der Waals surface area contributed by atoms with Crippen LogP contribution in [0.3, 0.4) is 0 Å². The molecular weight excluding hydrogens is 286 g/mol. The summed E-state index contributed by atoms with van der Waals surface area (Å²) < 4.78 is 10.6. The van der Waals surface area contributed by atoms with E-state index < -0.39 is 10.9 Å². The number of hydrogen-bond donors (Lipinski definition) is 0. The van der Waals surface area contributed by atoms with Crippen LogP contribution in [0.5, 0.6) is 17.2 Å². The fourth-order valence-corrected chi connectivity index (χ4v) is 1.54. The van der Waals surface area contributed by atoms with Crippen LogP contribution in [-0.4, -0.2) is 10.9 Å². The zero-order chi connectivity index (χ0) is 16.1. The van der Waals surface area contributed by atoms with Gasteiger partial charge in [0.1, 0.15) is 17.2 Å². The molecule has 0 radical (unpaired) electrons. The topological polar surface area (TPSA) is 78.7 Å². The van der Waals surface area contributed by atoms with Gasteiger partial charge >= 0.3 is 5.97 Å². The van der Waals surface area contributed by atoms with Crippen LogP contribution in [-0.2, 0) is 4.79 Å². The maximum Gasteiger partial charge on any atom is 0.338 e. The quantitative estimate of drug-likeness (QED) is 0.275. The predicted octanol–water partition coefficient (Wildman–Crippen LogP) is 3.87. The van der Waals surface area contributed by atoms with E-state index in [1.54, 1.807) is 31.2 Å². The number of hydrogen-bond acceptors (Lipinski definition) is 5. The number of esters is 1. The van der Waals surface area contributed by atoms with Gasteiger partial charge in [0.05, 0.1) is 4.92 Å². The highest BCUT2D eigenvalue weighted by atomic mass is 16.6. The lowest BCUT2D eigenvalue weighted by Crippen LogP contribution is -2.07. The van der Waals surface area contributed by atoms with Gasteiger partial charge in [-0.1, -0.05) is 6.58 Å². The molecule has 0 aliphatic carbocycles. The molecule has 0 aliphatic heterocycles. The van der Waals surface area contributed by atoms with Gasteiger partial charge < -0.3 is 9.47 Å². The Hall–Kier alpha value is -3.15. The van der Waals surface area contributed by atoms with E-state index in [1.807, 2.05) is 0 Å². The van der Waals surface area contributed by atoms with Crippen molar-refractivity contribution in [3.63, 3.8) is 0 Å². The van der Waals surface area contributed by atoms with Gasteiger partial charge in [-0.25, -0.2) is 4.79 Å². The second-order valence-electron chi connectivity index (χ2n) is 4.49. The van der Waals surface area contributed by atoms with Crippen molar-refractivity contribution in [1.82, 2.24) is 0 Å². The minimum absolute atomic E-state index is 0.00518. The molecule has 0 spiro atoms. The monoisotopic (exact) mass is 299 g/mol. The third kappa shape index (κ3) is 3.92. The summed E-state index contributed by atoms with van der Waals surface area (Å²) in [6, 6.07) is 12.2. The molecule has 22 heavy (non-hydrogen) atoms. The molecule has 0 heterocycles. The zero-order valence-corrected chi connectivity index (χ0v) is 11.8. The van der Waals surface area contributed by atoms with Crippen molar-refractivity contribution in [2.24, 2.45) is 0 Å². The Kier molecular flexibility index (Phi) is 4.53. The molecule has 0 N–H and O–H groups in total. The number of nitrogens with zero attached hydrogens (tertiary/aromatic N) is 1. The summed E-state index contributed by atoms with van der Waals surface area (Å²) in [7, 11) is 0. The fraction of sp³-hybridized carbons (Fsp3) is 0.0625. The van der Waals surface area contributed by atoms with Gasteiger partial charge in [-0.15, -0.1) is 0 Å². The van der Waals surface area contributed by atoms with Crippen LogP contribution in [0.1, 0.15) is 6.92 Å². The summed E-state index contributed by atoms with van der Waals surface area (Å²) in [5.74, 6) is 0.870. The van der Waals surface area contributed by atoms with Gasteiger partial charge in [0, 0.05) is 17.7 Å². The van der Waals surface area contributed by atoms with Gasteiger partial charge in [-0.2, -0.15) is 0 Å². The Labute approximate surface area is 126 Å². The third-order valence-electron chi connectivity index (χ3n) is 2.67. The van der Waals surface area contributed by atoms with Crippen LogP contribution >= 0.6 is 0 Å². The first-order chi connectivity index (χ1) is 10.5. The van der Waals surface area contributed by atoms with Gasteiger partial charge in [0.25, 0.3) is 5.69 Å². The number of carbonyl (C=O) groups is 1. The summed E-state index contributed by atoms with van der Waals surface area (Å²) in [5, 5.41) is 10.6. The Balaban J connectivity index is 2.03. The number of non-ortho nitro benzene ring substituents is 1. The molecule has 0 bridgehead atoms. The van der Waals surface area contributed by atoms with Crippen molar-refractivity contribution in [3.8, 4) is 17.2 Å². The van der Waals surface area contributed by atoms with E-state index in [4.69, 9.17) is 9.47 Å². The summed E-state index contributed by atoms with van der Waals surface area (Å²) >= 11 is 0. The van der Waals surface area contributed by atoms with Crippen LogP contribution in [0.2, 0.25) is 0 Å². The second kappa shape index (κ2) is 6.53. The van der Waals surface area contributed by atoms with Crippen LogP contribution < -0.4 is 9.47 Å². The predicted molar refractivity (Wildman–Crippen MR) is 80.1 cm³/mol. The number of rotatable bonds is 5. The van der Waals surface area contributed by atoms with E-state index in [2.05, 4.69) is 6.58 Å². The van der Waals surface area contributed by atoms with Crippen LogP contribution in [0, 0.1) is 10.1 Å². The highest BCUT2D eigenvalue weighted by molar-refractivity contribution is 5.88. The summed E-state index contributed by atoms with van der Waals surface area (Å²) in [6.07, 6.45) is 0. The Bertz CT molecular complexity index is 704. The minimum Gasteiger partial charge on any atom is -0.457 e. The average molecular weight is 299 g/mol. The average Bonchev–Trinajstić information content (AvgIpc) is 2.49. The SMILES string of the molecule is C=C(C)C(=O)Oc1ccc(Oc2ccc([N+](=O)[O-])cc2)cc1. The Morgan fingerprint density at radius 3 is 1.91 bits per heavy atom. The highest BCUT2D eigenvalue weighted by Crippen LogP contribution is 2.25.